The predicted molar refractivity (Wildman–Crippen MR) is 102 cm³/mol. The van der Waals surface area contributed by atoms with Crippen molar-refractivity contribution >= 4 is 33.6 Å². The van der Waals surface area contributed by atoms with Crippen molar-refractivity contribution in [2.75, 3.05) is 12.9 Å². The number of hydrogen-bond acceptors (Lipinski definition) is 5. The molecule has 0 spiro atoms. The van der Waals surface area contributed by atoms with Crippen molar-refractivity contribution < 1.29 is 23.0 Å². The van der Waals surface area contributed by atoms with Crippen LogP contribution in [-0.2, 0) is 20.3 Å². The van der Waals surface area contributed by atoms with Gasteiger partial charge in [-0.15, -0.1) is 0 Å². The lowest BCUT2D eigenvalue weighted by Gasteiger charge is -2.12. The summed E-state index contributed by atoms with van der Waals surface area (Å²) in [6.07, 6.45) is 1.48. The van der Waals surface area contributed by atoms with Crippen molar-refractivity contribution in [1.29, 1.82) is 0 Å². The molecule has 1 N–H and O–H groups in total. The fraction of sp³-hybridized carbons (Fsp3) is 0.200. The van der Waals surface area contributed by atoms with E-state index in [4.69, 9.17) is 9.15 Å². The molecular weight excluding hydrogens is 366 g/mol. The van der Waals surface area contributed by atoms with Crippen LogP contribution < -0.4 is 5.32 Å². The van der Waals surface area contributed by atoms with Crippen LogP contribution in [0.3, 0.4) is 0 Å². The number of ether oxygens (including phenoxy) is 1. The zero-order valence-electron chi connectivity index (χ0n) is 14.9. The van der Waals surface area contributed by atoms with Crippen LogP contribution in [0.15, 0.2) is 63.9 Å². The van der Waals surface area contributed by atoms with Crippen molar-refractivity contribution in [3.05, 3.63) is 65.9 Å². The minimum absolute atomic E-state index is 0.191. The first-order chi connectivity index (χ1) is 13.0. The maximum absolute atomic E-state index is 12.2. The largest absolute Gasteiger partial charge is 0.459 e. The topological polar surface area (TPSA) is 85.6 Å². The molecule has 1 amide bonds. The van der Waals surface area contributed by atoms with E-state index in [9.17, 15) is 13.8 Å². The lowest BCUT2D eigenvalue weighted by atomic mass is 10.2. The minimum atomic E-state index is -1.33. The molecule has 0 bridgehead atoms. The zero-order valence-corrected chi connectivity index (χ0v) is 15.7. The SMILES string of the molecule is C[C@@H](NC(=O)COC(=O)c1ccccc1[S@@](C)=O)c1cc2ccccc2o1. The van der Waals surface area contributed by atoms with Gasteiger partial charge in [-0.1, -0.05) is 30.3 Å². The van der Waals surface area contributed by atoms with Crippen LogP contribution in [0.5, 0.6) is 0 Å². The van der Waals surface area contributed by atoms with Crippen LogP contribution in [0.25, 0.3) is 11.0 Å². The Labute approximate surface area is 159 Å². The molecule has 2 aromatic carbocycles. The Morgan fingerprint density at radius 2 is 1.85 bits per heavy atom. The second-order valence-electron chi connectivity index (χ2n) is 6.00. The third-order valence-corrected chi connectivity index (χ3v) is 4.98. The Morgan fingerprint density at radius 3 is 2.59 bits per heavy atom. The van der Waals surface area contributed by atoms with E-state index in [1.807, 2.05) is 30.3 Å². The molecule has 0 aliphatic heterocycles. The summed E-state index contributed by atoms with van der Waals surface area (Å²) in [6.45, 7) is 1.35. The van der Waals surface area contributed by atoms with E-state index in [0.29, 0.717) is 10.7 Å². The normalized spacial score (nSPS) is 13.1. The number of para-hydroxylation sites is 1. The highest BCUT2D eigenvalue weighted by Gasteiger charge is 2.18. The quantitative estimate of drug-likeness (QED) is 0.659. The lowest BCUT2D eigenvalue weighted by molar-refractivity contribution is -0.125. The van der Waals surface area contributed by atoms with Crippen LogP contribution in [-0.4, -0.2) is 28.9 Å². The molecule has 3 aromatic rings. The van der Waals surface area contributed by atoms with Gasteiger partial charge in [0.1, 0.15) is 11.3 Å². The van der Waals surface area contributed by atoms with E-state index in [-0.39, 0.29) is 11.6 Å². The molecule has 7 heteroatoms. The average Bonchev–Trinajstić information content (AvgIpc) is 3.10. The molecule has 0 aliphatic carbocycles. The number of rotatable bonds is 6. The van der Waals surface area contributed by atoms with Gasteiger partial charge in [-0.3, -0.25) is 9.00 Å². The molecule has 1 aromatic heterocycles. The summed E-state index contributed by atoms with van der Waals surface area (Å²) in [5, 5.41) is 3.68. The fourth-order valence-electron chi connectivity index (χ4n) is 2.66. The van der Waals surface area contributed by atoms with Gasteiger partial charge in [0.15, 0.2) is 6.61 Å². The van der Waals surface area contributed by atoms with Gasteiger partial charge in [0.2, 0.25) is 0 Å². The molecule has 0 radical (unpaired) electrons. The third-order valence-electron chi connectivity index (χ3n) is 4.00. The monoisotopic (exact) mass is 385 g/mol. The predicted octanol–water partition coefficient (Wildman–Crippen LogP) is 3.20. The van der Waals surface area contributed by atoms with Gasteiger partial charge in [-0.2, -0.15) is 0 Å². The number of carbonyl (C=O) groups excluding carboxylic acids is 2. The van der Waals surface area contributed by atoms with E-state index < -0.39 is 29.3 Å². The first kappa shape index (κ1) is 18.8. The second kappa shape index (κ2) is 8.18. The Balaban J connectivity index is 1.59. The summed E-state index contributed by atoms with van der Waals surface area (Å²) >= 11 is 0. The number of benzene rings is 2. The number of nitrogens with one attached hydrogen (secondary N) is 1. The van der Waals surface area contributed by atoms with Gasteiger partial charge in [0.25, 0.3) is 5.91 Å². The van der Waals surface area contributed by atoms with Crippen LogP contribution >= 0.6 is 0 Å². The Kier molecular flexibility index (Phi) is 5.71. The summed E-state index contributed by atoms with van der Waals surface area (Å²) in [5.74, 6) is -0.527. The maximum Gasteiger partial charge on any atom is 0.339 e. The highest BCUT2D eigenvalue weighted by molar-refractivity contribution is 7.84. The van der Waals surface area contributed by atoms with Crippen LogP contribution in [0.1, 0.15) is 29.1 Å². The molecule has 0 fully saturated rings. The molecule has 0 saturated heterocycles. The van der Waals surface area contributed by atoms with E-state index in [0.717, 1.165) is 11.0 Å². The molecule has 3 rings (SSSR count). The van der Waals surface area contributed by atoms with E-state index in [2.05, 4.69) is 5.32 Å². The zero-order chi connectivity index (χ0) is 19.4. The third kappa shape index (κ3) is 4.43. The molecule has 0 aliphatic rings. The van der Waals surface area contributed by atoms with Gasteiger partial charge in [-0.05, 0) is 31.2 Å². The molecule has 0 unspecified atom stereocenters. The van der Waals surface area contributed by atoms with Crippen LogP contribution in [0.2, 0.25) is 0 Å². The van der Waals surface area contributed by atoms with Crippen molar-refractivity contribution in [3.8, 4) is 0 Å². The molecule has 0 saturated carbocycles. The molecule has 140 valence electrons. The Hall–Kier alpha value is -2.93. The number of carbonyl (C=O) groups is 2. The summed E-state index contributed by atoms with van der Waals surface area (Å²) in [4.78, 5) is 24.7. The van der Waals surface area contributed by atoms with E-state index >= 15 is 0 Å². The highest BCUT2D eigenvalue weighted by Crippen LogP contribution is 2.23. The van der Waals surface area contributed by atoms with Crippen LogP contribution in [0.4, 0.5) is 0 Å². The van der Waals surface area contributed by atoms with Crippen molar-refractivity contribution in [1.82, 2.24) is 5.32 Å². The summed E-state index contributed by atoms with van der Waals surface area (Å²) in [6, 6.07) is 15.5. The fourth-order valence-corrected chi connectivity index (χ4v) is 3.40. The highest BCUT2D eigenvalue weighted by atomic mass is 32.2. The average molecular weight is 385 g/mol. The van der Waals surface area contributed by atoms with Gasteiger partial charge < -0.3 is 14.5 Å². The number of esters is 1. The Bertz CT molecular complexity index is 977. The standard InChI is InChI=1S/C20H19NO5S/c1-13(17-11-14-7-3-5-9-16(14)26-17)21-19(22)12-25-20(23)15-8-4-6-10-18(15)27(2)24/h3-11,13H,12H2,1-2H3,(H,21,22)/t13-,27-/m1/s1. The van der Waals surface area contributed by atoms with E-state index in [1.165, 1.54) is 12.3 Å². The smallest absolute Gasteiger partial charge is 0.339 e. The van der Waals surface area contributed by atoms with Crippen molar-refractivity contribution in [2.45, 2.75) is 17.9 Å². The summed E-state index contributed by atoms with van der Waals surface area (Å²) in [5.41, 5.74) is 0.931. The number of furan rings is 1. The molecule has 27 heavy (non-hydrogen) atoms. The van der Waals surface area contributed by atoms with Crippen molar-refractivity contribution in [3.63, 3.8) is 0 Å². The van der Waals surface area contributed by atoms with Gasteiger partial charge in [-0.25, -0.2) is 4.79 Å². The Morgan fingerprint density at radius 1 is 1.15 bits per heavy atom. The van der Waals surface area contributed by atoms with Crippen molar-refractivity contribution in [2.24, 2.45) is 0 Å². The maximum atomic E-state index is 12.2. The second-order valence-corrected chi connectivity index (χ2v) is 7.35. The molecule has 2 atom stereocenters. The summed E-state index contributed by atoms with van der Waals surface area (Å²) in [7, 11) is -1.33. The number of amides is 1. The minimum Gasteiger partial charge on any atom is -0.459 e. The first-order valence-corrected chi connectivity index (χ1v) is 9.89. The van der Waals surface area contributed by atoms with Crippen LogP contribution in [0, 0.1) is 0 Å². The summed E-state index contributed by atoms with van der Waals surface area (Å²) < 4.78 is 22.5. The van der Waals surface area contributed by atoms with Gasteiger partial charge in [0, 0.05) is 11.6 Å². The molecule has 1 heterocycles. The molecule has 6 nitrogen and oxygen atoms in total. The first-order valence-electron chi connectivity index (χ1n) is 8.33. The van der Waals surface area contributed by atoms with Gasteiger partial charge >= 0.3 is 5.97 Å². The van der Waals surface area contributed by atoms with E-state index in [1.54, 1.807) is 25.1 Å². The number of hydrogen-bond donors (Lipinski definition) is 1. The molecular formula is C20H19NO5S. The number of fused-ring (bicyclic) bond motifs is 1. The lowest BCUT2D eigenvalue weighted by Crippen LogP contribution is -2.31. The van der Waals surface area contributed by atoms with Gasteiger partial charge in [0.05, 0.1) is 27.3 Å².